The van der Waals surface area contributed by atoms with Gasteiger partial charge in [-0.15, -0.1) is 0 Å². The van der Waals surface area contributed by atoms with Gasteiger partial charge in [0.05, 0.1) is 21.8 Å². The highest BCUT2D eigenvalue weighted by Crippen LogP contribution is 2.28. The van der Waals surface area contributed by atoms with E-state index >= 15 is 0 Å². The number of imide groups is 1. The third kappa shape index (κ3) is 2.59. The molecule has 1 aliphatic rings. The van der Waals surface area contributed by atoms with Gasteiger partial charge in [0.15, 0.2) is 0 Å². The molecule has 0 bridgehead atoms. The first-order chi connectivity index (χ1) is 11.0. The van der Waals surface area contributed by atoms with Crippen LogP contribution in [0.4, 0.5) is 5.69 Å². The van der Waals surface area contributed by atoms with Crippen molar-refractivity contribution in [2.75, 3.05) is 11.6 Å². The molecule has 0 aliphatic carbocycles. The van der Waals surface area contributed by atoms with E-state index in [9.17, 15) is 14.4 Å². The number of carbonyl (C=O) groups is 3. The van der Waals surface area contributed by atoms with Crippen LogP contribution in [0.2, 0.25) is 5.02 Å². The van der Waals surface area contributed by atoms with Crippen molar-refractivity contribution in [3.63, 3.8) is 0 Å². The van der Waals surface area contributed by atoms with Gasteiger partial charge in [0.1, 0.15) is 6.67 Å². The summed E-state index contributed by atoms with van der Waals surface area (Å²) in [6, 6.07) is 13.4. The molecular formula is C17H13ClN2O3. The summed E-state index contributed by atoms with van der Waals surface area (Å²) in [5, 5.41) is 0.374. The molecule has 2 aromatic carbocycles. The number of anilines is 1. The molecule has 3 rings (SSSR count). The van der Waals surface area contributed by atoms with E-state index in [0.29, 0.717) is 21.8 Å². The average Bonchev–Trinajstić information content (AvgIpc) is 2.78. The Kier molecular flexibility index (Phi) is 3.88. The summed E-state index contributed by atoms with van der Waals surface area (Å²) in [6.07, 6.45) is 0. The second-order valence-corrected chi connectivity index (χ2v) is 5.53. The van der Waals surface area contributed by atoms with Gasteiger partial charge < -0.3 is 0 Å². The highest BCUT2D eigenvalue weighted by molar-refractivity contribution is 6.33. The Morgan fingerprint density at radius 2 is 1.52 bits per heavy atom. The van der Waals surface area contributed by atoms with Crippen molar-refractivity contribution < 1.29 is 14.4 Å². The number of para-hydroxylation sites is 1. The fourth-order valence-electron chi connectivity index (χ4n) is 2.53. The topological polar surface area (TPSA) is 57.7 Å². The molecule has 23 heavy (non-hydrogen) atoms. The number of benzene rings is 2. The largest absolute Gasteiger partial charge is 0.292 e. The lowest BCUT2D eigenvalue weighted by Gasteiger charge is -2.26. The van der Waals surface area contributed by atoms with E-state index in [-0.39, 0.29) is 12.6 Å². The minimum absolute atomic E-state index is 0.175. The van der Waals surface area contributed by atoms with Gasteiger partial charge in [0, 0.05) is 6.92 Å². The van der Waals surface area contributed by atoms with Gasteiger partial charge in [-0.25, -0.2) is 0 Å². The van der Waals surface area contributed by atoms with Crippen LogP contribution in [0.5, 0.6) is 0 Å². The number of rotatable bonds is 3. The number of hydrogen-bond acceptors (Lipinski definition) is 3. The maximum atomic E-state index is 12.4. The van der Waals surface area contributed by atoms with Crippen molar-refractivity contribution in [1.29, 1.82) is 0 Å². The van der Waals surface area contributed by atoms with Crippen molar-refractivity contribution in [1.82, 2.24) is 4.90 Å². The van der Waals surface area contributed by atoms with Crippen LogP contribution in [0.25, 0.3) is 0 Å². The molecule has 116 valence electrons. The number of amides is 3. The quantitative estimate of drug-likeness (QED) is 0.814. The fourth-order valence-corrected chi connectivity index (χ4v) is 2.76. The summed E-state index contributed by atoms with van der Waals surface area (Å²) in [6.45, 7) is 1.19. The normalized spacial score (nSPS) is 13.2. The number of nitrogens with zero attached hydrogens (tertiary/aromatic N) is 2. The van der Waals surface area contributed by atoms with Crippen molar-refractivity contribution in [2.45, 2.75) is 6.92 Å². The SMILES string of the molecule is CC(=O)N(CN1C(=O)c2ccccc2C1=O)c1ccccc1Cl. The molecule has 0 saturated carbocycles. The summed E-state index contributed by atoms with van der Waals surface area (Å²) >= 11 is 6.13. The summed E-state index contributed by atoms with van der Waals surface area (Å²) in [4.78, 5) is 39.2. The molecule has 2 aromatic rings. The zero-order chi connectivity index (χ0) is 16.6. The van der Waals surface area contributed by atoms with E-state index in [1.807, 2.05) is 0 Å². The van der Waals surface area contributed by atoms with Gasteiger partial charge in [-0.3, -0.25) is 24.2 Å². The summed E-state index contributed by atoms with van der Waals surface area (Å²) < 4.78 is 0. The lowest BCUT2D eigenvalue weighted by atomic mass is 10.1. The van der Waals surface area contributed by atoms with E-state index in [4.69, 9.17) is 11.6 Å². The van der Waals surface area contributed by atoms with E-state index < -0.39 is 11.8 Å². The lowest BCUT2D eigenvalue weighted by molar-refractivity contribution is -0.116. The molecule has 0 fully saturated rings. The molecule has 0 aromatic heterocycles. The Bertz CT molecular complexity index is 784. The summed E-state index contributed by atoms with van der Waals surface area (Å²) in [5.41, 5.74) is 1.15. The van der Waals surface area contributed by atoms with E-state index in [1.54, 1.807) is 48.5 Å². The molecule has 1 heterocycles. The molecule has 3 amide bonds. The predicted octanol–water partition coefficient (Wildman–Crippen LogP) is 2.95. The second kappa shape index (κ2) is 5.85. The van der Waals surface area contributed by atoms with Gasteiger partial charge in [-0.2, -0.15) is 0 Å². The third-order valence-electron chi connectivity index (χ3n) is 3.68. The van der Waals surface area contributed by atoms with Gasteiger partial charge in [0.25, 0.3) is 11.8 Å². The molecule has 0 unspecified atom stereocenters. The van der Waals surface area contributed by atoms with Crippen LogP contribution < -0.4 is 4.90 Å². The molecule has 0 spiro atoms. The molecule has 6 heteroatoms. The van der Waals surface area contributed by atoms with Gasteiger partial charge in [-0.1, -0.05) is 35.9 Å². The van der Waals surface area contributed by atoms with Crippen molar-refractivity contribution in [2.24, 2.45) is 0 Å². The number of hydrogen-bond donors (Lipinski definition) is 0. The number of fused-ring (bicyclic) bond motifs is 1. The first kappa shape index (κ1) is 15.2. The van der Waals surface area contributed by atoms with Crippen LogP contribution in [0, 0.1) is 0 Å². The lowest BCUT2D eigenvalue weighted by Crippen LogP contribution is -2.43. The van der Waals surface area contributed by atoms with Crippen LogP contribution >= 0.6 is 11.6 Å². The Balaban J connectivity index is 1.94. The zero-order valence-corrected chi connectivity index (χ0v) is 13.1. The third-order valence-corrected chi connectivity index (χ3v) is 4.00. The van der Waals surface area contributed by atoms with E-state index in [0.717, 1.165) is 4.90 Å². The monoisotopic (exact) mass is 328 g/mol. The maximum Gasteiger partial charge on any atom is 0.263 e. The van der Waals surface area contributed by atoms with Crippen LogP contribution in [0.15, 0.2) is 48.5 Å². The minimum atomic E-state index is -0.413. The molecule has 5 nitrogen and oxygen atoms in total. The highest BCUT2D eigenvalue weighted by atomic mass is 35.5. The van der Waals surface area contributed by atoms with Gasteiger partial charge >= 0.3 is 0 Å². The molecule has 0 radical (unpaired) electrons. The summed E-state index contributed by atoms with van der Waals surface area (Å²) in [7, 11) is 0. The molecule has 0 N–H and O–H groups in total. The van der Waals surface area contributed by atoms with E-state index in [1.165, 1.54) is 11.8 Å². The molecule has 0 saturated heterocycles. The predicted molar refractivity (Wildman–Crippen MR) is 86.4 cm³/mol. The molecule has 0 atom stereocenters. The van der Waals surface area contributed by atoms with Gasteiger partial charge in [0.2, 0.25) is 5.91 Å². The molecular weight excluding hydrogens is 316 g/mol. The van der Waals surface area contributed by atoms with Gasteiger partial charge in [-0.05, 0) is 24.3 Å². The zero-order valence-electron chi connectivity index (χ0n) is 12.3. The van der Waals surface area contributed by atoms with E-state index in [2.05, 4.69) is 0 Å². The van der Waals surface area contributed by atoms with Crippen LogP contribution in [-0.2, 0) is 4.79 Å². The van der Waals surface area contributed by atoms with Crippen molar-refractivity contribution in [3.05, 3.63) is 64.7 Å². The first-order valence-electron chi connectivity index (χ1n) is 6.98. The highest BCUT2D eigenvalue weighted by Gasteiger charge is 2.36. The van der Waals surface area contributed by atoms with Crippen molar-refractivity contribution >= 4 is 35.0 Å². The van der Waals surface area contributed by atoms with Crippen molar-refractivity contribution in [3.8, 4) is 0 Å². The number of halogens is 1. The standard InChI is InChI=1S/C17H13ClN2O3/c1-11(21)19(15-9-5-4-8-14(15)18)10-20-16(22)12-6-2-3-7-13(12)17(20)23/h2-9H,10H2,1H3. The Morgan fingerprint density at radius 3 is 2.04 bits per heavy atom. The Hall–Kier alpha value is -2.66. The molecule has 1 aliphatic heterocycles. The summed E-state index contributed by atoms with van der Waals surface area (Å²) in [5.74, 6) is -1.14. The van der Waals surface area contributed by atoms with Crippen LogP contribution in [0.3, 0.4) is 0 Å². The Labute approximate surface area is 138 Å². The van der Waals surface area contributed by atoms with Crippen LogP contribution in [0.1, 0.15) is 27.6 Å². The fraction of sp³-hybridized carbons (Fsp3) is 0.118. The maximum absolute atomic E-state index is 12.4. The second-order valence-electron chi connectivity index (χ2n) is 5.12. The first-order valence-corrected chi connectivity index (χ1v) is 7.36. The van der Waals surface area contributed by atoms with Crippen LogP contribution in [-0.4, -0.2) is 29.3 Å². The number of carbonyl (C=O) groups excluding carboxylic acids is 3. The smallest absolute Gasteiger partial charge is 0.263 e. The Morgan fingerprint density at radius 1 is 1.00 bits per heavy atom. The minimum Gasteiger partial charge on any atom is -0.292 e. The average molecular weight is 329 g/mol.